The van der Waals surface area contributed by atoms with Crippen molar-refractivity contribution >= 4 is 17.7 Å². The molecule has 7 heteroatoms. The normalized spacial score (nSPS) is 13.7. The number of ether oxygens (including phenoxy) is 1. The number of amidine groups is 1. The van der Waals surface area contributed by atoms with E-state index in [0.717, 1.165) is 31.6 Å². The van der Waals surface area contributed by atoms with Crippen molar-refractivity contribution in [2.24, 2.45) is 4.99 Å². The maximum absolute atomic E-state index is 12.5. The topological polar surface area (TPSA) is 74.2 Å². The fourth-order valence-corrected chi connectivity index (χ4v) is 3.85. The molecule has 0 aromatic heterocycles. The van der Waals surface area contributed by atoms with Crippen LogP contribution in [0.4, 0.5) is 4.79 Å². The van der Waals surface area contributed by atoms with Crippen LogP contribution in [0.2, 0.25) is 0 Å². The molecule has 0 fully saturated rings. The van der Waals surface area contributed by atoms with Gasteiger partial charge in [0.1, 0.15) is 17.2 Å². The largest absolute Gasteiger partial charge is 0.443 e. The van der Waals surface area contributed by atoms with Gasteiger partial charge in [-0.05, 0) is 51.9 Å². The summed E-state index contributed by atoms with van der Waals surface area (Å²) in [5.74, 6) is 0.883. The average molecular weight is 479 g/mol. The van der Waals surface area contributed by atoms with Crippen molar-refractivity contribution in [3.63, 3.8) is 0 Å². The molecule has 0 bridgehead atoms. The Hall–Kier alpha value is -3.03. The summed E-state index contributed by atoms with van der Waals surface area (Å²) in [6.07, 6.45) is 1.00. The molecule has 0 spiro atoms. The summed E-state index contributed by atoms with van der Waals surface area (Å²) in [5.41, 5.74) is 2.78. The maximum atomic E-state index is 12.5. The minimum Gasteiger partial charge on any atom is -0.443 e. The van der Waals surface area contributed by atoms with Crippen LogP contribution in [0.15, 0.2) is 59.6 Å². The van der Waals surface area contributed by atoms with E-state index >= 15 is 0 Å². The number of amides is 1. The van der Waals surface area contributed by atoms with Crippen molar-refractivity contribution < 1.29 is 14.3 Å². The van der Waals surface area contributed by atoms with Gasteiger partial charge in [-0.25, -0.2) is 4.79 Å². The van der Waals surface area contributed by atoms with Gasteiger partial charge in [-0.1, -0.05) is 54.6 Å². The number of hydrogen-bond donors (Lipinski definition) is 1. The third-order valence-corrected chi connectivity index (χ3v) is 5.65. The maximum Gasteiger partial charge on any atom is 0.416 e. The second kappa shape index (κ2) is 12.6. The second-order valence-corrected chi connectivity index (χ2v) is 9.97. The third-order valence-electron chi connectivity index (χ3n) is 5.65. The third kappa shape index (κ3) is 8.92. The van der Waals surface area contributed by atoms with Crippen molar-refractivity contribution in [2.45, 2.75) is 45.8 Å². The molecule has 0 atom stereocenters. The van der Waals surface area contributed by atoms with Crippen LogP contribution >= 0.6 is 0 Å². The molecule has 2 aromatic carbocycles. The van der Waals surface area contributed by atoms with Crippen molar-refractivity contribution in [1.29, 1.82) is 0 Å². The minimum absolute atomic E-state index is 0.224. The van der Waals surface area contributed by atoms with Gasteiger partial charge in [-0.2, -0.15) is 0 Å². The molecule has 1 aliphatic rings. The predicted molar refractivity (Wildman–Crippen MR) is 140 cm³/mol. The van der Waals surface area contributed by atoms with Crippen LogP contribution in [0.1, 0.15) is 43.9 Å². The molecule has 1 heterocycles. The number of benzene rings is 2. The molecule has 188 valence electrons. The number of aliphatic imine (C=N–C) groups is 1. The number of rotatable bonds is 11. The molecule has 0 unspecified atom stereocenters. The van der Waals surface area contributed by atoms with Crippen LogP contribution in [-0.2, 0) is 22.5 Å². The summed E-state index contributed by atoms with van der Waals surface area (Å²) in [6.45, 7) is 9.41. The Morgan fingerprint density at radius 1 is 1.06 bits per heavy atom. The molecule has 1 amide bonds. The number of nitrogens with zero attached hydrogens (tertiary/aromatic N) is 3. The van der Waals surface area contributed by atoms with E-state index in [2.05, 4.69) is 27.3 Å². The lowest BCUT2D eigenvalue weighted by Crippen LogP contribution is -2.39. The molecule has 0 radical (unpaired) electrons. The smallest absolute Gasteiger partial charge is 0.416 e. The molecular weight excluding hydrogens is 440 g/mol. The molecule has 1 aliphatic heterocycles. The van der Waals surface area contributed by atoms with Gasteiger partial charge in [0.15, 0.2) is 0 Å². The zero-order valence-corrected chi connectivity index (χ0v) is 21.4. The van der Waals surface area contributed by atoms with Gasteiger partial charge in [0.05, 0.1) is 19.6 Å². The Bertz CT molecular complexity index is 997. The Labute approximate surface area is 209 Å². The van der Waals surface area contributed by atoms with Crippen LogP contribution in [0.5, 0.6) is 0 Å². The van der Waals surface area contributed by atoms with Crippen LogP contribution in [0, 0.1) is 0 Å². The summed E-state index contributed by atoms with van der Waals surface area (Å²) in [5, 5.41) is 3.26. The van der Waals surface area contributed by atoms with E-state index in [1.807, 2.05) is 70.3 Å². The van der Waals surface area contributed by atoms with Gasteiger partial charge in [0.2, 0.25) is 0 Å². The number of ketones is 1. The van der Waals surface area contributed by atoms with Gasteiger partial charge in [-0.15, -0.1) is 0 Å². The van der Waals surface area contributed by atoms with E-state index in [-0.39, 0.29) is 11.9 Å². The Morgan fingerprint density at radius 2 is 1.77 bits per heavy atom. The van der Waals surface area contributed by atoms with Crippen LogP contribution < -0.4 is 5.32 Å². The highest BCUT2D eigenvalue weighted by atomic mass is 16.6. The van der Waals surface area contributed by atoms with E-state index in [1.54, 1.807) is 4.90 Å². The van der Waals surface area contributed by atoms with Gasteiger partial charge >= 0.3 is 6.09 Å². The summed E-state index contributed by atoms with van der Waals surface area (Å²) in [7, 11) is 2.04. The van der Waals surface area contributed by atoms with Crippen LogP contribution in [0.25, 0.3) is 0 Å². The second-order valence-electron chi connectivity index (χ2n) is 9.97. The van der Waals surface area contributed by atoms with E-state index in [4.69, 9.17) is 4.74 Å². The van der Waals surface area contributed by atoms with Crippen molar-refractivity contribution in [3.05, 3.63) is 71.3 Å². The fraction of sp³-hybridized carbons (Fsp3) is 0.464. The number of nitrogens with one attached hydrogen (secondary N) is 1. The Kier molecular flexibility index (Phi) is 9.57. The molecule has 7 nitrogen and oxygen atoms in total. The first-order valence-corrected chi connectivity index (χ1v) is 12.3. The van der Waals surface area contributed by atoms with E-state index in [9.17, 15) is 9.59 Å². The molecule has 3 rings (SSSR count). The van der Waals surface area contributed by atoms with Crippen LogP contribution in [-0.4, -0.2) is 72.9 Å². The fourth-order valence-electron chi connectivity index (χ4n) is 3.85. The predicted octanol–water partition coefficient (Wildman–Crippen LogP) is 3.91. The zero-order chi connectivity index (χ0) is 25.3. The number of carbonyl (C=O) groups excluding carboxylic acids is 2. The summed E-state index contributed by atoms with van der Waals surface area (Å²) >= 11 is 0. The highest BCUT2D eigenvalue weighted by molar-refractivity contribution is 6.07. The van der Waals surface area contributed by atoms with Crippen molar-refractivity contribution in [2.75, 3.05) is 39.8 Å². The van der Waals surface area contributed by atoms with E-state index < -0.39 is 5.60 Å². The number of hydrogen-bond acceptors (Lipinski definition) is 6. The lowest BCUT2D eigenvalue weighted by atomic mass is 10.1. The summed E-state index contributed by atoms with van der Waals surface area (Å²) < 4.78 is 5.51. The van der Waals surface area contributed by atoms with Gasteiger partial charge < -0.3 is 15.0 Å². The monoisotopic (exact) mass is 478 g/mol. The van der Waals surface area contributed by atoms with E-state index in [0.29, 0.717) is 31.9 Å². The zero-order valence-electron chi connectivity index (χ0n) is 21.4. The Morgan fingerprint density at radius 3 is 2.46 bits per heavy atom. The molecule has 0 saturated carbocycles. The summed E-state index contributed by atoms with van der Waals surface area (Å²) in [6, 6.07) is 18.4. The molecule has 1 N–H and O–H groups in total. The first-order chi connectivity index (χ1) is 16.7. The summed E-state index contributed by atoms with van der Waals surface area (Å²) in [4.78, 5) is 33.0. The van der Waals surface area contributed by atoms with Gasteiger partial charge in [-0.3, -0.25) is 14.7 Å². The molecule has 2 aromatic rings. The highest BCUT2D eigenvalue weighted by Crippen LogP contribution is 2.17. The SMILES string of the molecule is CN(CCC(=O)CNCCc1ccc(C2=NCCN2C(=O)OC(C)(C)C)cc1)Cc1ccccc1. The number of carbonyl (C=O) groups is 2. The van der Waals surface area contributed by atoms with Gasteiger partial charge in [0, 0.05) is 25.1 Å². The first kappa shape index (κ1) is 26.6. The highest BCUT2D eigenvalue weighted by Gasteiger charge is 2.29. The van der Waals surface area contributed by atoms with Crippen molar-refractivity contribution in [1.82, 2.24) is 15.1 Å². The van der Waals surface area contributed by atoms with Crippen molar-refractivity contribution in [3.8, 4) is 0 Å². The van der Waals surface area contributed by atoms with E-state index in [1.165, 1.54) is 11.1 Å². The number of Topliss-reactive ketones (excluding diaryl/α,β-unsaturated/α-hetero) is 1. The minimum atomic E-state index is -0.541. The van der Waals surface area contributed by atoms with Crippen LogP contribution in [0.3, 0.4) is 0 Å². The standard InChI is InChI=1S/C28H38N4O3/c1-28(2,3)35-27(34)32-19-17-30-26(32)24-12-10-22(11-13-24)14-16-29-20-25(33)15-18-31(4)21-23-8-6-5-7-9-23/h5-13,29H,14-21H2,1-4H3. The first-order valence-electron chi connectivity index (χ1n) is 12.3. The molecule has 0 aliphatic carbocycles. The van der Waals surface area contributed by atoms with Gasteiger partial charge in [0.25, 0.3) is 0 Å². The average Bonchev–Trinajstić information content (AvgIpc) is 3.31. The Balaban J connectivity index is 1.36. The quantitative estimate of drug-likeness (QED) is 0.496. The molecular formula is C28H38N4O3. The molecule has 35 heavy (non-hydrogen) atoms. The molecule has 0 saturated heterocycles. The lowest BCUT2D eigenvalue weighted by Gasteiger charge is -2.25. The lowest BCUT2D eigenvalue weighted by molar-refractivity contribution is -0.118.